The highest BCUT2D eigenvalue weighted by molar-refractivity contribution is 5.79. The highest BCUT2D eigenvalue weighted by Gasteiger charge is 2.43. The van der Waals surface area contributed by atoms with E-state index in [9.17, 15) is 9.90 Å². The molecule has 5 heteroatoms. The molecule has 1 saturated carbocycles. The zero-order valence-corrected chi connectivity index (χ0v) is 11.2. The Labute approximate surface area is 108 Å². The number of nitrogens with one attached hydrogen (secondary N) is 1. The Morgan fingerprint density at radius 2 is 2.22 bits per heavy atom. The molecule has 1 aliphatic heterocycles. The number of likely N-dealkylation sites (N-methyl/N-ethyl adjacent to an activating group) is 1. The molecule has 2 aliphatic rings. The van der Waals surface area contributed by atoms with E-state index in [0.29, 0.717) is 12.6 Å². The van der Waals surface area contributed by atoms with Gasteiger partial charge in [0.1, 0.15) is 5.54 Å². The minimum atomic E-state index is -0.712. The molecule has 104 valence electrons. The predicted octanol–water partition coefficient (Wildman–Crippen LogP) is 0.694. The maximum Gasteiger partial charge on any atom is 0.323 e. The van der Waals surface area contributed by atoms with Crippen LogP contribution in [-0.2, 0) is 9.53 Å². The van der Waals surface area contributed by atoms with Crippen molar-refractivity contribution in [3.8, 4) is 0 Å². The van der Waals surface area contributed by atoms with Crippen LogP contribution in [0.3, 0.4) is 0 Å². The molecule has 0 amide bonds. The standard InChI is InChI=1S/C13H24N2O3/c1-2-14-13(12(16)17)5-3-4-11(10-13)15-6-8-18-9-7-15/h11,14H,2-10H2,1H3,(H,16,17). The number of carboxylic acids is 1. The quantitative estimate of drug-likeness (QED) is 0.775. The second-order valence-corrected chi connectivity index (χ2v) is 5.32. The number of hydrogen-bond donors (Lipinski definition) is 2. The summed E-state index contributed by atoms with van der Waals surface area (Å²) in [4.78, 5) is 14.0. The summed E-state index contributed by atoms with van der Waals surface area (Å²) in [6.45, 7) is 6.11. The third kappa shape index (κ3) is 2.84. The molecule has 2 N–H and O–H groups in total. The Morgan fingerprint density at radius 3 is 2.83 bits per heavy atom. The number of morpholine rings is 1. The van der Waals surface area contributed by atoms with Gasteiger partial charge in [0.2, 0.25) is 0 Å². The van der Waals surface area contributed by atoms with Gasteiger partial charge in [0.25, 0.3) is 0 Å². The van der Waals surface area contributed by atoms with E-state index >= 15 is 0 Å². The molecule has 5 nitrogen and oxygen atoms in total. The lowest BCUT2D eigenvalue weighted by molar-refractivity contribution is -0.147. The SMILES string of the molecule is CCNC1(C(=O)O)CCCC(N2CCOCC2)C1. The average molecular weight is 256 g/mol. The lowest BCUT2D eigenvalue weighted by Crippen LogP contribution is -2.59. The topological polar surface area (TPSA) is 61.8 Å². The Morgan fingerprint density at radius 1 is 1.50 bits per heavy atom. The fourth-order valence-electron chi connectivity index (χ4n) is 3.27. The molecule has 1 aliphatic carbocycles. The normalized spacial score (nSPS) is 34.4. The fourth-order valence-corrected chi connectivity index (χ4v) is 3.27. The maximum atomic E-state index is 11.6. The van der Waals surface area contributed by atoms with Crippen LogP contribution >= 0.6 is 0 Å². The number of ether oxygens (including phenoxy) is 1. The molecule has 1 heterocycles. The number of nitrogens with zero attached hydrogens (tertiary/aromatic N) is 1. The van der Waals surface area contributed by atoms with Crippen molar-refractivity contribution in [2.24, 2.45) is 0 Å². The van der Waals surface area contributed by atoms with Gasteiger partial charge in [-0.3, -0.25) is 9.69 Å². The Kier molecular flexibility index (Phi) is 4.59. The smallest absolute Gasteiger partial charge is 0.323 e. The molecule has 0 aromatic heterocycles. The molecule has 0 spiro atoms. The van der Waals surface area contributed by atoms with Crippen molar-refractivity contribution in [1.29, 1.82) is 0 Å². The van der Waals surface area contributed by atoms with Crippen LogP contribution in [0.1, 0.15) is 32.6 Å². The van der Waals surface area contributed by atoms with Crippen LogP contribution in [0.4, 0.5) is 0 Å². The molecule has 0 aromatic rings. The summed E-state index contributed by atoms with van der Waals surface area (Å²) in [5, 5.41) is 12.7. The van der Waals surface area contributed by atoms with Crippen LogP contribution in [0.5, 0.6) is 0 Å². The number of carbonyl (C=O) groups is 1. The maximum absolute atomic E-state index is 11.6. The predicted molar refractivity (Wildman–Crippen MR) is 68.7 cm³/mol. The average Bonchev–Trinajstić information content (AvgIpc) is 2.40. The lowest BCUT2D eigenvalue weighted by Gasteiger charge is -2.43. The Bertz CT molecular complexity index is 288. The van der Waals surface area contributed by atoms with E-state index in [1.807, 2.05) is 6.92 Å². The van der Waals surface area contributed by atoms with Crippen LogP contribution in [0.25, 0.3) is 0 Å². The minimum absolute atomic E-state index is 0.387. The first-order chi connectivity index (χ1) is 8.68. The molecule has 0 radical (unpaired) electrons. The highest BCUT2D eigenvalue weighted by atomic mass is 16.5. The van der Waals surface area contributed by atoms with Gasteiger partial charge in [-0.05, 0) is 32.2 Å². The largest absolute Gasteiger partial charge is 0.480 e. The molecule has 2 fully saturated rings. The summed E-state index contributed by atoms with van der Waals surface area (Å²) in [5.74, 6) is -0.692. The van der Waals surface area contributed by atoms with Crippen LogP contribution in [0.15, 0.2) is 0 Å². The van der Waals surface area contributed by atoms with E-state index in [2.05, 4.69) is 10.2 Å². The molecule has 2 unspecified atom stereocenters. The second kappa shape index (κ2) is 5.99. The Hall–Kier alpha value is -0.650. The number of hydrogen-bond acceptors (Lipinski definition) is 4. The van der Waals surface area contributed by atoms with E-state index in [1.165, 1.54) is 0 Å². The van der Waals surface area contributed by atoms with Crippen LogP contribution in [-0.4, -0.2) is 60.4 Å². The van der Waals surface area contributed by atoms with Gasteiger partial charge in [-0.25, -0.2) is 0 Å². The van der Waals surface area contributed by atoms with Crippen molar-refractivity contribution in [3.63, 3.8) is 0 Å². The van der Waals surface area contributed by atoms with Gasteiger partial charge in [0.15, 0.2) is 0 Å². The molecule has 2 rings (SSSR count). The summed E-state index contributed by atoms with van der Waals surface area (Å²) in [7, 11) is 0. The monoisotopic (exact) mass is 256 g/mol. The van der Waals surface area contributed by atoms with E-state index in [0.717, 1.165) is 52.0 Å². The van der Waals surface area contributed by atoms with E-state index < -0.39 is 11.5 Å². The first-order valence-electron chi connectivity index (χ1n) is 6.98. The summed E-state index contributed by atoms with van der Waals surface area (Å²) in [6.07, 6.45) is 3.56. The van der Waals surface area contributed by atoms with Crippen LogP contribution < -0.4 is 5.32 Å². The van der Waals surface area contributed by atoms with Gasteiger partial charge in [-0.2, -0.15) is 0 Å². The number of rotatable bonds is 4. The molecule has 0 aromatic carbocycles. The van der Waals surface area contributed by atoms with Gasteiger partial charge in [-0.1, -0.05) is 6.92 Å². The second-order valence-electron chi connectivity index (χ2n) is 5.32. The first-order valence-corrected chi connectivity index (χ1v) is 6.98. The summed E-state index contributed by atoms with van der Waals surface area (Å²) in [6, 6.07) is 0.387. The van der Waals surface area contributed by atoms with Crippen LogP contribution in [0, 0.1) is 0 Å². The van der Waals surface area contributed by atoms with Crippen molar-refractivity contribution >= 4 is 5.97 Å². The molecule has 18 heavy (non-hydrogen) atoms. The lowest BCUT2D eigenvalue weighted by atomic mass is 9.78. The molecular formula is C13H24N2O3. The van der Waals surface area contributed by atoms with Gasteiger partial charge >= 0.3 is 5.97 Å². The summed E-state index contributed by atoms with van der Waals surface area (Å²) >= 11 is 0. The highest BCUT2D eigenvalue weighted by Crippen LogP contribution is 2.32. The first kappa shape index (κ1) is 13.8. The van der Waals surface area contributed by atoms with Crippen molar-refractivity contribution in [1.82, 2.24) is 10.2 Å². The van der Waals surface area contributed by atoms with Crippen molar-refractivity contribution in [2.75, 3.05) is 32.8 Å². The summed E-state index contributed by atoms with van der Waals surface area (Å²) in [5.41, 5.74) is -0.712. The fraction of sp³-hybridized carbons (Fsp3) is 0.923. The zero-order chi connectivity index (χ0) is 13.0. The van der Waals surface area contributed by atoms with Crippen molar-refractivity contribution < 1.29 is 14.6 Å². The van der Waals surface area contributed by atoms with Gasteiger partial charge in [-0.15, -0.1) is 0 Å². The zero-order valence-electron chi connectivity index (χ0n) is 11.2. The molecule has 1 saturated heterocycles. The van der Waals surface area contributed by atoms with Gasteiger partial charge in [0.05, 0.1) is 13.2 Å². The van der Waals surface area contributed by atoms with E-state index in [-0.39, 0.29) is 0 Å². The Balaban J connectivity index is 2.03. The third-order valence-corrected chi connectivity index (χ3v) is 4.21. The molecular weight excluding hydrogens is 232 g/mol. The van der Waals surface area contributed by atoms with Crippen LogP contribution in [0.2, 0.25) is 0 Å². The molecule has 0 bridgehead atoms. The van der Waals surface area contributed by atoms with E-state index in [1.54, 1.807) is 0 Å². The van der Waals surface area contributed by atoms with E-state index in [4.69, 9.17) is 4.74 Å². The van der Waals surface area contributed by atoms with Gasteiger partial charge in [0, 0.05) is 19.1 Å². The number of carboxylic acid groups (broad SMARTS) is 1. The third-order valence-electron chi connectivity index (χ3n) is 4.21. The number of aliphatic carboxylic acids is 1. The van der Waals surface area contributed by atoms with Crippen molar-refractivity contribution in [3.05, 3.63) is 0 Å². The minimum Gasteiger partial charge on any atom is -0.480 e. The van der Waals surface area contributed by atoms with Gasteiger partial charge < -0.3 is 15.2 Å². The summed E-state index contributed by atoms with van der Waals surface area (Å²) < 4.78 is 5.36. The molecule has 2 atom stereocenters. The van der Waals surface area contributed by atoms with Crippen molar-refractivity contribution in [2.45, 2.75) is 44.2 Å².